The quantitative estimate of drug-likeness (QED) is 0.679. The number of fused-ring (bicyclic) bond motifs is 1. The number of rotatable bonds is 2. The molecule has 3 heteroatoms. The van der Waals surface area contributed by atoms with Gasteiger partial charge < -0.3 is 9.55 Å². The van der Waals surface area contributed by atoms with E-state index in [4.69, 9.17) is 0 Å². The third-order valence-electron chi connectivity index (χ3n) is 2.80. The van der Waals surface area contributed by atoms with E-state index >= 15 is 0 Å². The van der Waals surface area contributed by atoms with Crippen molar-refractivity contribution in [3.63, 3.8) is 0 Å². The second kappa shape index (κ2) is 3.28. The Labute approximate surface area is 92.2 Å². The van der Waals surface area contributed by atoms with Gasteiger partial charge in [0.05, 0.1) is 10.2 Å². The van der Waals surface area contributed by atoms with Gasteiger partial charge in [0.25, 0.3) is 0 Å². The van der Waals surface area contributed by atoms with E-state index in [9.17, 15) is 0 Å². The number of nitrogens with zero attached hydrogens (tertiary/aromatic N) is 1. The highest BCUT2D eigenvalue weighted by Crippen LogP contribution is 2.25. The Morgan fingerprint density at radius 1 is 1.40 bits per heavy atom. The van der Waals surface area contributed by atoms with Crippen molar-refractivity contribution < 1.29 is 0 Å². The minimum absolute atomic E-state index is 0.977. The largest absolute Gasteiger partial charge is 0.365 e. The van der Waals surface area contributed by atoms with E-state index in [1.807, 2.05) is 12.3 Å². The normalized spacial score (nSPS) is 11.3. The van der Waals surface area contributed by atoms with Crippen LogP contribution in [0.5, 0.6) is 0 Å². The molecule has 0 spiro atoms. The first-order chi connectivity index (χ1) is 7.34. The molecule has 1 N–H and O–H groups in total. The Hall–Kier alpha value is -1.48. The zero-order valence-electron chi connectivity index (χ0n) is 8.53. The Morgan fingerprint density at radius 2 is 2.33 bits per heavy atom. The summed E-state index contributed by atoms with van der Waals surface area (Å²) in [7, 11) is 2.13. The van der Waals surface area contributed by atoms with E-state index in [0.717, 1.165) is 6.42 Å². The van der Waals surface area contributed by atoms with Crippen molar-refractivity contribution >= 4 is 21.6 Å². The molecule has 0 radical (unpaired) electrons. The van der Waals surface area contributed by atoms with Crippen LogP contribution in [0.15, 0.2) is 35.8 Å². The number of nitrogens with one attached hydrogen (secondary N) is 1. The average Bonchev–Trinajstić information content (AvgIpc) is 2.89. The standard InChI is InChI=1S/C12H12N2S/c1-14-10(7-9-3-2-5-13-9)8-12-11(14)4-6-15-12/h2-6,8,13H,7H2,1H3. The van der Waals surface area contributed by atoms with Gasteiger partial charge in [-0.2, -0.15) is 0 Å². The molecule has 15 heavy (non-hydrogen) atoms. The van der Waals surface area contributed by atoms with Crippen LogP contribution >= 0.6 is 11.3 Å². The van der Waals surface area contributed by atoms with Gasteiger partial charge in [-0.1, -0.05) is 0 Å². The van der Waals surface area contributed by atoms with Gasteiger partial charge in [-0.25, -0.2) is 0 Å². The molecule has 0 aromatic carbocycles. The molecule has 76 valence electrons. The van der Waals surface area contributed by atoms with Crippen molar-refractivity contribution in [2.75, 3.05) is 0 Å². The minimum atomic E-state index is 0.977. The number of aryl methyl sites for hydroxylation is 1. The van der Waals surface area contributed by atoms with Crippen molar-refractivity contribution in [1.29, 1.82) is 0 Å². The maximum atomic E-state index is 3.24. The van der Waals surface area contributed by atoms with Gasteiger partial charge in [0, 0.05) is 31.1 Å². The van der Waals surface area contributed by atoms with Crippen LogP contribution in [0.2, 0.25) is 0 Å². The van der Waals surface area contributed by atoms with Gasteiger partial charge in [0.15, 0.2) is 0 Å². The van der Waals surface area contributed by atoms with E-state index in [2.05, 4.69) is 40.2 Å². The van der Waals surface area contributed by atoms with Crippen molar-refractivity contribution in [3.8, 4) is 0 Å². The third kappa shape index (κ3) is 1.39. The Kier molecular flexibility index (Phi) is 1.92. The lowest BCUT2D eigenvalue weighted by Crippen LogP contribution is -1.96. The highest BCUT2D eigenvalue weighted by atomic mass is 32.1. The first kappa shape index (κ1) is 8.80. The summed E-state index contributed by atoms with van der Waals surface area (Å²) in [6.45, 7) is 0. The van der Waals surface area contributed by atoms with Crippen LogP contribution in [0.3, 0.4) is 0 Å². The maximum absolute atomic E-state index is 3.24. The number of hydrogen-bond acceptors (Lipinski definition) is 1. The van der Waals surface area contributed by atoms with E-state index in [1.54, 1.807) is 11.3 Å². The summed E-state index contributed by atoms with van der Waals surface area (Å²) in [5.41, 5.74) is 3.96. The summed E-state index contributed by atoms with van der Waals surface area (Å²) < 4.78 is 3.64. The monoisotopic (exact) mass is 216 g/mol. The molecule has 0 fully saturated rings. The summed E-state index contributed by atoms with van der Waals surface area (Å²) in [5.74, 6) is 0. The Bertz CT molecular complexity index is 572. The Balaban J connectivity index is 2.04. The summed E-state index contributed by atoms with van der Waals surface area (Å²) in [4.78, 5) is 3.24. The smallest absolute Gasteiger partial charge is 0.0589 e. The van der Waals surface area contributed by atoms with E-state index in [-0.39, 0.29) is 0 Å². The molecule has 0 saturated carbocycles. The number of thiophene rings is 1. The maximum Gasteiger partial charge on any atom is 0.0589 e. The molecule has 0 aliphatic heterocycles. The van der Waals surface area contributed by atoms with Gasteiger partial charge in [-0.3, -0.25) is 0 Å². The molecule has 0 unspecified atom stereocenters. The lowest BCUT2D eigenvalue weighted by molar-refractivity contribution is 0.871. The molecule has 3 aromatic rings. The van der Waals surface area contributed by atoms with Crippen LogP contribution in [-0.2, 0) is 13.5 Å². The van der Waals surface area contributed by atoms with Gasteiger partial charge in [0.2, 0.25) is 0 Å². The molecule has 0 bridgehead atoms. The number of aromatic nitrogens is 2. The van der Waals surface area contributed by atoms with Crippen LogP contribution in [0.1, 0.15) is 11.4 Å². The van der Waals surface area contributed by atoms with Crippen LogP contribution in [0, 0.1) is 0 Å². The summed E-state index contributed by atoms with van der Waals surface area (Å²) in [5, 5.41) is 2.14. The first-order valence-electron chi connectivity index (χ1n) is 4.98. The molecular weight excluding hydrogens is 204 g/mol. The van der Waals surface area contributed by atoms with Crippen LogP contribution in [-0.4, -0.2) is 9.55 Å². The van der Waals surface area contributed by atoms with Crippen LogP contribution in [0.25, 0.3) is 10.2 Å². The summed E-state index contributed by atoms with van der Waals surface area (Å²) in [6.07, 6.45) is 2.95. The second-order valence-corrected chi connectivity index (χ2v) is 4.68. The predicted octanol–water partition coefficient (Wildman–Crippen LogP) is 3.16. The summed E-state index contributed by atoms with van der Waals surface area (Å²) >= 11 is 1.80. The first-order valence-corrected chi connectivity index (χ1v) is 5.86. The fraction of sp³-hybridized carbons (Fsp3) is 0.167. The minimum Gasteiger partial charge on any atom is -0.365 e. The van der Waals surface area contributed by atoms with Crippen molar-refractivity contribution in [1.82, 2.24) is 9.55 Å². The molecule has 2 nitrogen and oxygen atoms in total. The van der Waals surface area contributed by atoms with Crippen molar-refractivity contribution in [3.05, 3.63) is 47.2 Å². The van der Waals surface area contributed by atoms with Crippen LogP contribution < -0.4 is 0 Å². The highest BCUT2D eigenvalue weighted by Gasteiger charge is 2.07. The van der Waals surface area contributed by atoms with Crippen molar-refractivity contribution in [2.45, 2.75) is 6.42 Å². The van der Waals surface area contributed by atoms with E-state index in [1.165, 1.54) is 21.6 Å². The summed E-state index contributed by atoms with van der Waals surface area (Å²) in [6, 6.07) is 8.63. The average molecular weight is 216 g/mol. The number of aromatic amines is 1. The molecule has 3 aromatic heterocycles. The second-order valence-electron chi connectivity index (χ2n) is 3.74. The highest BCUT2D eigenvalue weighted by molar-refractivity contribution is 7.17. The fourth-order valence-corrected chi connectivity index (χ4v) is 2.82. The number of hydrogen-bond donors (Lipinski definition) is 1. The van der Waals surface area contributed by atoms with E-state index in [0.29, 0.717) is 0 Å². The molecule has 0 saturated heterocycles. The van der Waals surface area contributed by atoms with Gasteiger partial charge in [-0.15, -0.1) is 11.3 Å². The lowest BCUT2D eigenvalue weighted by Gasteiger charge is -2.01. The zero-order valence-corrected chi connectivity index (χ0v) is 9.34. The molecule has 0 aliphatic rings. The topological polar surface area (TPSA) is 20.7 Å². The van der Waals surface area contributed by atoms with Crippen molar-refractivity contribution in [2.24, 2.45) is 7.05 Å². The van der Waals surface area contributed by atoms with Crippen LogP contribution in [0.4, 0.5) is 0 Å². The molecule has 3 heterocycles. The van der Waals surface area contributed by atoms with Gasteiger partial charge >= 0.3 is 0 Å². The molecule has 0 amide bonds. The lowest BCUT2D eigenvalue weighted by atomic mass is 10.2. The van der Waals surface area contributed by atoms with E-state index < -0.39 is 0 Å². The SMILES string of the molecule is Cn1c(Cc2ccc[nH]2)cc2sccc21. The molecule has 0 aliphatic carbocycles. The molecule has 3 rings (SSSR count). The zero-order chi connectivity index (χ0) is 10.3. The third-order valence-corrected chi connectivity index (χ3v) is 3.65. The van der Waals surface area contributed by atoms with Gasteiger partial charge in [-0.05, 0) is 29.6 Å². The molecular formula is C12H12N2S. The fourth-order valence-electron chi connectivity index (χ4n) is 1.94. The molecule has 0 atom stereocenters. The predicted molar refractivity (Wildman–Crippen MR) is 64.4 cm³/mol. The Morgan fingerprint density at radius 3 is 3.07 bits per heavy atom. The van der Waals surface area contributed by atoms with Gasteiger partial charge in [0.1, 0.15) is 0 Å². The number of H-pyrrole nitrogens is 1.